The molecule has 1 atom stereocenters. The number of oxime groups is 1. The van der Waals surface area contributed by atoms with Crippen molar-refractivity contribution in [2.24, 2.45) is 11.1 Å². The van der Waals surface area contributed by atoms with E-state index in [-0.39, 0.29) is 11.4 Å². The predicted octanol–water partition coefficient (Wildman–Crippen LogP) is 3.05. The number of nitrogens with one attached hydrogen (secondary N) is 1. The normalized spacial score (nSPS) is 32.3. The highest BCUT2D eigenvalue weighted by Gasteiger charge is 2.52. The number of aromatic nitrogens is 1. The van der Waals surface area contributed by atoms with E-state index in [9.17, 15) is 4.39 Å². The molecule has 0 amide bonds. The molecule has 2 bridgehead atoms. The average molecular weight is 332 g/mol. The van der Waals surface area contributed by atoms with E-state index in [0.29, 0.717) is 11.4 Å². The second-order valence-corrected chi connectivity index (χ2v) is 7.71. The number of rotatable bonds is 1. The fourth-order valence-corrected chi connectivity index (χ4v) is 4.93. The van der Waals surface area contributed by atoms with Crippen molar-refractivity contribution in [2.45, 2.75) is 24.9 Å². The van der Waals surface area contributed by atoms with Crippen LogP contribution in [0.15, 0.2) is 23.4 Å². The Morgan fingerprint density at radius 2 is 2.22 bits per heavy atom. The first-order valence-electron chi connectivity index (χ1n) is 8.01. The highest BCUT2D eigenvalue weighted by atomic mass is 32.1. The number of thiazole rings is 1. The van der Waals surface area contributed by atoms with Gasteiger partial charge in [0.2, 0.25) is 0 Å². The predicted molar refractivity (Wildman–Crippen MR) is 88.2 cm³/mol. The van der Waals surface area contributed by atoms with E-state index in [0.717, 1.165) is 28.6 Å². The summed E-state index contributed by atoms with van der Waals surface area (Å²) in [5.74, 6) is 1.17. The topological polar surface area (TPSA) is 49.8 Å². The summed E-state index contributed by atoms with van der Waals surface area (Å²) < 4.78 is 14.2. The summed E-state index contributed by atoms with van der Waals surface area (Å²) in [4.78, 5) is 12.8. The number of halogens is 1. The van der Waals surface area contributed by atoms with Crippen LogP contribution in [-0.4, -0.2) is 41.0 Å². The van der Waals surface area contributed by atoms with E-state index in [2.05, 4.69) is 20.4 Å². The van der Waals surface area contributed by atoms with Crippen molar-refractivity contribution in [1.82, 2.24) is 9.88 Å². The minimum Gasteiger partial charge on any atom is -0.386 e. The van der Waals surface area contributed by atoms with Gasteiger partial charge in [0.15, 0.2) is 16.6 Å². The zero-order valence-corrected chi connectivity index (χ0v) is 13.4. The molecule has 5 heterocycles. The Morgan fingerprint density at radius 1 is 1.35 bits per heavy atom. The molecule has 1 aromatic heterocycles. The Hall–Kier alpha value is -1.73. The molecular formula is C16H17FN4OS. The number of piperidine rings is 3. The first-order chi connectivity index (χ1) is 11.2. The molecule has 0 aliphatic carbocycles. The number of amidine groups is 1. The van der Waals surface area contributed by atoms with E-state index in [1.807, 2.05) is 0 Å². The van der Waals surface area contributed by atoms with Crippen molar-refractivity contribution in [1.29, 1.82) is 0 Å². The highest BCUT2D eigenvalue weighted by Crippen LogP contribution is 2.43. The van der Waals surface area contributed by atoms with Crippen LogP contribution in [0.5, 0.6) is 0 Å². The second kappa shape index (κ2) is 4.88. The lowest BCUT2D eigenvalue weighted by Gasteiger charge is -2.49. The third kappa shape index (κ3) is 2.21. The standard InChI is InChI=1S/C16H17FN4OS/c17-11-1-2-13-12(7-11)18-15(23-13)19-14-8-16(22-20-14)9-21-5-3-10(16)4-6-21/h1-2,7,10H,3-6,8-9H2,(H,18,19,20)/t16-/m0/s1. The molecule has 3 saturated heterocycles. The summed E-state index contributed by atoms with van der Waals surface area (Å²) in [7, 11) is 0. The molecule has 2 aromatic rings. The van der Waals surface area contributed by atoms with Gasteiger partial charge in [0.25, 0.3) is 0 Å². The number of hydrogen-bond donors (Lipinski definition) is 1. The van der Waals surface area contributed by atoms with Crippen LogP contribution >= 0.6 is 11.3 Å². The molecule has 1 spiro atoms. The maximum absolute atomic E-state index is 13.3. The van der Waals surface area contributed by atoms with Crippen LogP contribution in [0.25, 0.3) is 10.2 Å². The van der Waals surface area contributed by atoms with E-state index >= 15 is 0 Å². The Labute approximate surface area is 137 Å². The monoisotopic (exact) mass is 332 g/mol. The molecule has 120 valence electrons. The molecule has 1 N–H and O–H groups in total. The van der Waals surface area contributed by atoms with Gasteiger partial charge in [-0.15, -0.1) is 0 Å². The molecule has 5 nitrogen and oxygen atoms in total. The minimum atomic E-state index is -0.262. The summed E-state index contributed by atoms with van der Waals surface area (Å²) >= 11 is 1.51. The molecular weight excluding hydrogens is 315 g/mol. The summed E-state index contributed by atoms with van der Waals surface area (Å²) in [6, 6.07) is 4.68. The number of fused-ring (bicyclic) bond motifs is 3. The maximum Gasteiger partial charge on any atom is 0.189 e. The van der Waals surface area contributed by atoms with Gasteiger partial charge in [0.05, 0.1) is 16.6 Å². The molecule has 4 aliphatic rings. The lowest BCUT2D eigenvalue weighted by atomic mass is 9.73. The zero-order valence-electron chi connectivity index (χ0n) is 12.6. The van der Waals surface area contributed by atoms with Gasteiger partial charge in [-0.1, -0.05) is 16.5 Å². The van der Waals surface area contributed by atoms with E-state index in [1.54, 1.807) is 6.07 Å². The molecule has 23 heavy (non-hydrogen) atoms. The Kier molecular flexibility index (Phi) is 2.90. The van der Waals surface area contributed by atoms with Crippen molar-refractivity contribution >= 4 is 32.5 Å². The van der Waals surface area contributed by atoms with Gasteiger partial charge in [-0.05, 0) is 38.1 Å². The van der Waals surface area contributed by atoms with Crippen molar-refractivity contribution in [2.75, 3.05) is 25.0 Å². The molecule has 0 radical (unpaired) electrons. The average Bonchev–Trinajstić information content (AvgIpc) is 3.12. The SMILES string of the molecule is Fc1ccc2sc(NC3=NO[C@@]4(C3)CN3CCC4CC3)nc2c1. The van der Waals surface area contributed by atoms with Crippen molar-refractivity contribution in [3.05, 3.63) is 24.0 Å². The molecule has 4 aliphatic heterocycles. The fraction of sp³-hybridized carbons (Fsp3) is 0.500. The van der Waals surface area contributed by atoms with Crippen molar-refractivity contribution in [3.63, 3.8) is 0 Å². The number of benzene rings is 1. The lowest BCUT2D eigenvalue weighted by molar-refractivity contribution is -0.136. The molecule has 1 aromatic carbocycles. The lowest BCUT2D eigenvalue weighted by Crippen LogP contribution is -2.59. The fourth-order valence-electron chi connectivity index (χ4n) is 4.07. The summed E-state index contributed by atoms with van der Waals surface area (Å²) in [5, 5.41) is 8.30. The van der Waals surface area contributed by atoms with Gasteiger partial charge in [0, 0.05) is 18.5 Å². The molecule has 0 unspecified atom stereocenters. The number of hydrogen-bond acceptors (Lipinski definition) is 6. The van der Waals surface area contributed by atoms with Crippen LogP contribution in [0, 0.1) is 11.7 Å². The Bertz CT molecular complexity index is 798. The third-order valence-electron chi connectivity index (χ3n) is 5.23. The summed E-state index contributed by atoms with van der Waals surface area (Å²) in [6.45, 7) is 3.33. The minimum absolute atomic E-state index is 0.151. The van der Waals surface area contributed by atoms with Crippen molar-refractivity contribution in [3.8, 4) is 0 Å². The Balaban J connectivity index is 1.35. The first kappa shape index (κ1) is 13.7. The third-order valence-corrected chi connectivity index (χ3v) is 6.18. The van der Waals surface area contributed by atoms with Crippen LogP contribution in [-0.2, 0) is 4.84 Å². The van der Waals surface area contributed by atoms with Gasteiger partial charge in [-0.2, -0.15) is 0 Å². The zero-order chi connectivity index (χ0) is 15.4. The maximum atomic E-state index is 13.3. The van der Waals surface area contributed by atoms with Crippen LogP contribution in [0.2, 0.25) is 0 Å². The quantitative estimate of drug-likeness (QED) is 0.872. The van der Waals surface area contributed by atoms with E-state index < -0.39 is 0 Å². The van der Waals surface area contributed by atoms with Crippen LogP contribution < -0.4 is 5.32 Å². The summed E-state index contributed by atoms with van der Waals surface area (Å²) in [6.07, 6.45) is 3.20. The van der Waals surface area contributed by atoms with Gasteiger partial charge < -0.3 is 10.2 Å². The highest BCUT2D eigenvalue weighted by molar-refractivity contribution is 7.22. The van der Waals surface area contributed by atoms with Crippen LogP contribution in [0.1, 0.15) is 19.3 Å². The number of anilines is 1. The largest absolute Gasteiger partial charge is 0.386 e. The molecule has 6 rings (SSSR count). The van der Waals surface area contributed by atoms with E-state index in [4.69, 9.17) is 4.84 Å². The van der Waals surface area contributed by atoms with Gasteiger partial charge in [0.1, 0.15) is 5.82 Å². The summed E-state index contributed by atoms with van der Waals surface area (Å²) in [5.41, 5.74) is 0.524. The van der Waals surface area contributed by atoms with E-state index in [1.165, 1.54) is 49.4 Å². The second-order valence-electron chi connectivity index (χ2n) is 6.68. The Morgan fingerprint density at radius 3 is 3.00 bits per heavy atom. The number of nitrogens with zero attached hydrogens (tertiary/aromatic N) is 3. The van der Waals surface area contributed by atoms with Crippen LogP contribution in [0.4, 0.5) is 9.52 Å². The molecule has 3 fully saturated rings. The van der Waals surface area contributed by atoms with Gasteiger partial charge >= 0.3 is 0 Å². The van der Waals surface area contributed by atoms with Gasteiger partial charge in [-0.3, -0.25) is 4.90 Å². The molecule has 0 saturated carbocycles. The smallest absolute Gasteiger partial charge is 0.189 e. The van der Waals surface area contributed by atoms with Crippen LogP contribution in [0.3, 0.4) is 0 Å². The van der Waals surface area contributed by atoms with Crippen molar-refractivity contribution < 1.29 is 9.23 Å². The molecule has 7 heteroatoms. The first-order valence-corrected chi connectivity index (χ1v) is 8.82. The van der Waals surface area contributed by atoms with Gasteiger partial charge in [-0.25, -0.2) is 9.37 Å².